The maximum absolute atomic E-state index is 11.5. The Morgan fingerprint density at radius 1 is 1.43 bits per heavy atom. The fourth-order valence-corrected chi connectivity index (χ4v) is 4.42. The van der Waals surface area contributed by atoms with E-state index in [4.69, 9.17) is 4.74 Å². The summed E-state index contributed by atoms with van der Waals surface area (Å²) >= 11 is 5.25. The molecule has 0 aromatic carbocycles. The second kappa shape index (κ2) is 8.28. The number of hydrogen-bond donors (Lipinski definition) is 0. The van der Waals surface area contributed by atoms with Gasteiger partial charge in [-0.2, -0.15) is 0 Å². The molecule has 0 spiro atoms. The Hall–Kier alpha value is -0.420. The van der Waals surface area contributed by atoms with Gasteiger partial charge in [-0.15, -0.1) is 11.3 Å². The van der Waals surface area contributed by atoms with Crippen molar-refractivity contribution in [1.29, 1.82) is 0 Å². The standard InChI is InChI=1S/C16H24BrNO2S/c1-11(2)20-15(19)5-3-4-12-6-8-13(9-7-12)16-18-10-14(17)21-16/h10-13H,3-9H2,1-2H3. The van der Waals surface area contributed by atoms with Crippen LogP contribution < -0.4 is 0 Å². The zero-order valence-corrected chi connectivity index (χ0v) is 15.2. The molecule has 1 saturated carbocycles. The molecule has 0 amide bonds. The van der Waals surface area contributed by atoms with E-state index in [0.717, 1.165) is 22.5 Å². The summed E-state index contributed by atoms with van der Waals surface area (Å²) in [5, 5.41) is 1.28. The molecule has 1 fully saturated rings. The predicted molar refractivity (Wildman–Crippen MR) is 89.6 cm³/mol. The van der Waals surface area contributed by atoms with Gasteiger partial charge in [-0.05, 0) is 74.2 Å². The van der Waals surface area contributed by atoms with Crippen molar-refractivity contribution >= 4 is 33.2 Å². The van der Waals surface area contributed by atoms with E-state index in [1.54, 1.807) is 11.3 Å². The lowest BCUT2D eigenvalue weighted by molar-refractivity contribution is -0.147. The van der Waals surface area contributed by atoms with Crippen LogP contribution in [0.4, 0.5) is 0 Å². The maximum atomic E-state index is 11.5. The fraction of sp³-hybridized carbons (Fsp3) is 0.750. The molecule has 3 nitrogen and oxygen atoms in total. The van der Waals surface area contributed by atoms with Gasteiger partial charge in [0.15, 0.2) is 0 Å². The van der Waals surface area contributed by atoms with Crippen LogP contribution in [0.25, 0.3) is 0 Å². The van der Waals surface area contributed by atoms with Gasteiger partial charge in [-0.1, -0.05) is 0 Å². The third kappa shape index (κ3) is 5.70. The molecule has 1 aliphatic carbocycles. The summed E-state index contributed by atoms with van der Waals surface area (Å²) in [5.74, 6) is 1.37. The number of hydrogen-bond acceptors (Lipinski definition) is 4. The monoisotopic (exact) mass is 373 g/mol. The number of esters is 1. The van der Waals surface area contributed by atoms with Gasteiger partial charge >= 0.3 is 5.97 Å². The first-order valence-electron chi connectivity index (χ1n) is 7.85. The summed E-state index contributed by atoms with van der Waals surface area (Å²) in [7, 11) is 0. The highest BCUT2D eigenvalue weighted by molar-refractivity contribution is 9.11. The minimum absolute atomic E-state index is 0.00515. The van der Waals surface area contributed by atoms with E-state index in [2.05, 4.69) is 20.9 Å². The molecule has 0 atom stereocenters. The van der Waals surface area contributed by atoms with Crippen molar-refractivity contribution in [2.24, 2.45) is 5.92 Å². The molecule has 2 rings (SSSR count). The van der Waals surface area contributed by atoms with Gasteiger partial charge in [0, 0.05) is 12.3 Å². The molecular formula is C16H24BrNO2S. The van der Waals surface area contributed by atoms with Gasteiger partial charge in [-0.3, -0.25) is 4.79 Å². The number of carbonyl (C=O) groups is 1. The van der Waals surface area contributed by atoms with Gasteiger partial charge in [0.25, 0.3) is 0 Å². The van der Waals surface area contributed by atoms with E-state index in [9.17, 15) is 4.79 Å². The van der Waals surface area contributed by atoms with Crippen LogP contribution in [-0.2, 0) is 9.53 Å². The Labute approximate surface area is 139 Å². The highest BCUT2D eigenvalue weighted by Crippen LogP contribution is 2.39. The second-order valence-electron chi connectivity index (χ2n) is 6.15. The molecule has 21 heavy (non-hydrogen) atoms. The zero-order valence-electron chi connectivity index (χ0n) is 12.8. The van der Waals surface area contributed by atoms with Crippen LogP contribution in [0.5, 0.6) is 0 Å². The number of nitrogens with zero attached hydrogens (tertiary/aromatic N) is 1. The molecular weight excluding hydrogens is 350 g/mol. The Morgan fingerprint density at radius 2 is 2.14 bits per heavy atom. The third-order valence-corrected chi connectivity index (χ3v) is 5.69. The van der Waals surface area contributed by atoms with Crippen LogP contribution >= 0.6 is 27.3 Å². The molecule has 0 N–H and O–H groups in total. The third-order valence-electron chi connectivity index (χ3n) is 4.05. The van der Waals surface area contributed by atoms with E-state index in [1.165, 1.54) is 30.7 Å². The maximum Gasteiger partial charge on any atom is 0.306 e. The van der Waals surface area contributed by atoms with E-state index in [-0.39, 0.29) is 12.1 Å². The first kappa shape index (κ1) is 16.9. The molecule has 0 radical (unpaired) electrons. The Kier molecular flexibility index (Phi) is 6.68. The van der Waals surface area contributed by atoms with E-state index >= 15 is 0 Å². The van der Waals surface area contributed by atoms with Crippen LogP contribution in [0, 0.1) is 5.92 Å². The van der Waals surface area contributed by atoms with Crippen LogP contribution in [0.1, 0.15) is 69.7 Å². The zero-order chi connectivity index (χ0) is 15.2. The van der Waals surface area contributed by atoms with Gasteiger partial charge in [0.2, 0.25) is 0 Å². The normalized spacial score (nSPS) is 22.5. The van der Waals surface area contributed by atoms with Crippen molar-refractivity contribution in [1.82, 2.24) is 4.98 Å². The summed E-state index contributed by atoms with van der Waals surface area (Å²) in [4.78, 5) is 16.0. The highest BCUT2D eigenvalue weighted by atomic mass is 79.9. The quantitative estimate of drug-likeness (QED) is 0.634. The summed E-state index contributed by atoms with van der Waals surface area (Å²) in [5.41, 5.74) is 0. The second-order valence-corrected chi connectivity index (χ2v) is 8.59. The van der Waals surface area contributed by atoms with Gasteiger partial charge in [0.1, 0.15) is 0 Å². The molecule has 5 heteroatoms. The summed E-state index contributed by atoms with van der Waals surface area (Å²) < 4.78 is 6.29. The fourth-order valence-electron chi connectivity index (χ4n) is 3.01. The summed E-state index contributed by atoms with van der Waals surface area (Å²) in [6.07, 6.45) is 9.60. The number of aromatic nitrogens is 1. The molecule has 0 aliphatic heterocycles. The van der Waals surface area contributed by atoms with Crippen LogP contribution in [0.3, 0.4) is 0 Å². The van der Waals surface area contributed by atoms with Gasteiger partial charge in [0.05, 0.1) is 21.1 Å². The first-order chi connectivity index (χ1) is 10.0. The first-order valence-corrected chi connectivity index (χ1v) is 9.46. The van der Waals surface area contributed by atoms with Gasteiger partial charge in [-0.25, -0.2) is 4.98 Å². The van der Waals surface area contributed by atoms with Crippen molar-refractivity contribution in [2.75, 3.05) is 0 Å². The van der Waals surface area contributed by atoms with E-state index in [1.807, 2.05) is 20.0 Å². The van der Waals surface area contributed by atoms with Crippen molar-refractivity contribution < 1.29 is 9.53 Å². The largest absolute Gasteiger partial charge is 0.463 e. The number of thiazole rings is 1. The van der Waals surface area contributed by atoms with E-state index in [0.29, 0.717) is 12.3 Å². The van der Waals surface area contributed by atoms with Crippen molar-refractivity contribution in [3.8, 4) is 0 Å². The highest BCUT2D eigenvalue weighted by Gasteiger charge is 2.24. The number of rotatable bonds is 6. The Bertz CT molecular complexity index is 453. The molecule has 1 aliphatic rings. The number of ether oxygens (including phenoxy) is 1. The minimum Gasteiger partial charge on any atom is -0.463 e. The Balaban J connectivity index is 1.64. The molecule has 0 saturated heterocycles. The molecule has 1 heterocycles. The average molecular weight is 374 g/mol. The lowest BCUT2D eigenvalue weighted by Gasteiger charge is -2.27. The molecule has 118 valence electrons. The average Bonchev–Trinajstić information content (AvgIpc) is 2.85. The molecule has 1 aromatic rings. The summed E-state index contributed by atoms with van der Waals surface area (Å²) in [6.45, 7) is 3.80. The predicted octanol–water partition coefficient (Wildman–Crippen LogP) is 5.30. The van der Waals surface area contributed by atoms with Gasteiger partial charge < -0.3 is 4.74 Å². The van der Waals surface area contributed by atoms with Crippen LogP contribution in [-0.4, -0.2) is 17.1 Å². The van der Waals surface area contributed by atoms with E-state index < -0.39 is 0 Å². The van der Waals surface area contributed by atoms with Crippen molar-refractivity contribution in [2.45, 2.75) is 70.8 Å². The number of carbonyl (C=O) groups excluding carboxylic acids is 1. The van der Waals surface area contributed by atoms with Crippen LogP contribution in [0.2, 0.25) is 0 Å². The van der Waals surface area contributed by atoms with Crippen molar-refractivity contribution in [3.05, 3.63) is 15.0 Å². The van der Waals surface area contributed by atoms with Crippen LogP contribution in [0.15, 0.2) is 9.98 Å². The topological polar surface area (TPSA) is 39.2 Å². The summed E-state index contributed by atoms with van der Waals surface area (Å²) in [6, 6.07) is 0. The Morgan fingerprint density at radius 3 is 2.71 bits per heavy atom. The smallest absolute Gasteiger partial charge is 0.306 e. The minimum atomic E-state index is -0.0497. The molecule has 0 bridgehead atoms. The van der Waals surface area contributed by atoms with Crippen molar-refractivity contribution in [3.63, 3.8) is 0 Å². The SMILES string of the molecule is CC(C)OC(=O)CCCC1CCC(c2ncc(Br)s2)CC1. The molecule has 0 unspecified atom stereocenters. The number of halogens is 1. The lowest BCUT2D eigenvalue weighted by Crippen LogP contribution is -2.15. The molecule has 1 aromatic heterocycles. The lowest BCUT2D eigenvalue weighted by atomic mass is 9.80.